The maximum atomic E-state index is 5.68. The van der Waals surface area contributed by atoms with Crippen molar-refractivity contribution >= 4 is 10.9 Å². The van der Waals surface area contributed by atoms with Crippen molar-refractivity contribution in [3.63, 3.8) is 0 Å². The van der Waals surface area contributed by atoms with E-state index in [1.807, 2.05) is 6.20 Å². The average molecular weight is 260 g/mol. The summed E-state index contributed by atoms with van der Waals surface area (Å²) in [6.45, 7) is 3.96. The van der Waals surface area contributed by atoms with Gasteiger partial charge in [0.05, 0.1) is 25.9 Å². The van der Waals surface area contributed by atoms with Crippen molar-refractivity contribution in [2.24, 2.45) is 0 Å². The van der Waals surface area contributed by atoms with E-state index in [1.165, 1.54) is 16.5 Å². The van der Waals surface area contributed by atoms with Gasteiger partial charge in [0.1, 0.15) is 0 Å². The van der Waals surface area contributed by atoms with Crippen molar-refractivity contribution in [1.29, 1.82) is 0 Å². The van der Waals surface area contributed by atoms with Crippen LogP contribution in [0.3, 0.4) is 0 Å². The molecule has 1 aliphatic heterocycles. The first kappa shape index (κ1) is 12.7. The lowest BCUT2D eigenvalue weighted by Gasteiger charge is -2.27. The maximum absolute atomic E-state index is 5.68. The molecule has 1 aromatic heterocycles. The number of aromatic amines is 1. The Balaban J connectivity index is 1.65. The van der Waals surface area contributed by atoms with Crippen molar-refractivity contribution in [3.8, 4) is 0 Å². The van der Waals surface area contributed by atoms with Crippen LogP contribution in [0.15, 0.2) is 30.5 Å². The van der Waals surface area contributed by atoms with Gasteiger partial charge < -0.3 is 14.5 Å². The van der Waals surface area contributed by atoms with Gasteiger partial charge in [-0.25, -0.2) is 0 Å². The zero-order valence-corrected chi connectivity index (χ0v) is 11.3. The van der Waals surface area contributed by atoms with Crippen LogP contribution >= 0.6 is 0 Å². The molecule has 1 fully saturated rings. The van der Waals surface area contributed by atoms with Gasteiger partial charge in [-0.15, -0.1) is 0 Å². The Bertz CT molecular complexity index is 532. The summed E-state index contributed by atoms with van der Waals surface area (Å²) >= 11 is 0. The summed E-state index contributed by atoms with van der Waals surface area (Å²) < 4.78 is 11.1. The van der Waals surface area contributed by atoms with Crippen LogP contribution in [0.4, 0.5) is 0 Å². The van der Waals surface area contributed by atoms with E-state index in [4.69, 9.17) is 9.47 Å². The number of aromatic nitrogens is 1. The molecule has 2 heterocycles. The van der Waals surface area contributed by atoms with Crippen LogP contribution in [0, 0.1) is 0 Å². The zero-order chi connectivity index (χ0) is 13.1. The molecule has 1 saturated heterocycles. The number of fused-ring (bicyclic) bond motifs is 1. The second-order valence-corrected chi connectivity index (χ2v) is 5.12. The molecule has 0 aliphatic carbocycles. The molecule has 2 aromatic rings. The number of H-pyrrole nitrogens is 1. The summed E-state index contributed by atoms with van der Waals surface area (Å²) in [5.41, 5.74) is 2.55. The molecular weight excluding hydrogens is 240 g/mol. The van der Waals surface area contributed by atoms with Gasteiger partial charge in [0.15, 0.2) is 0 Å². The number of benzene rings is 1. The smallest absolute Gasteiger partial charge is 0.0936 e. The first-order chi connectivity index (χ1) is 9.33. The second-order valence-electron chi connectivity index (χ2n) is 5.12. The third-order valence-corrected chi connectivity index (χ3v) is 3.51. The van der Waals surface area contributed by atoms with Crippen LogP contribution < -0.4 is 0 Å². The van der Waals surface area contributed by atoms with Crippen molar-refractivity contribution < 1.29 is 9.47 Å². The van der Waals surface area contributed by atoms with Crippen LogP contribution in [0.1, 0.15) is 5.56 Å². The highest BCUT2D eigenvalue weighted by Gasteiger charge is 2.16. The Morgan fingerprint density at radius 1 is 1.32 bits per heavy atom. The molecule has 0 unspecified atom stereocenters. The minimum Gasteiger partial charge on any atom is -0.376 e. The van der Waals surface area contributed by atoms with Crippen molar-refractivity contribution in [3.05, 3.63) is 36.0 Å². The fourth-order valence-electron chi connectivity index (χ4n) is 2.63. The Hall–Kier alpha value is -1.36. The van der Waals surface area contributed by atoms with Crippen LogP contribution in [-0.2, 0) is 16.0 Å². The van der Waals surface area contributed by atoms with E-state index in [1.54, 1.807) is 0 Å². The lowest BCUT2D eigenvalue weighted by molar-refractivity contribution is -0.0962. The number of nitrogens with one attached hydrogen (secondary N) is 1. The summed E-state index contributed by atoms with van der Waals surface area (Å²) in [5, 5.41) is 1.27. The molecule has 0 amide bonds. The summed E-state index contributed by atoms with van der Waals surface area (Å²) in [5.74, 6) is 0. The molecule has 19 heavy (non-hydrogen) atoms. The van der Waals surface area contributed by atoms with Crippen molar-refractivity contribution in [1.82, 2.24) is 9.88 Å². The van der Waals surface area contributed by atoms with E-state index in [9.17, 15) is 0 Å². The molecule has 1 atom stereocenters. The van der Waals surface area contributed by atoms with Crippen molar-refractivity contribution in [2.45, 2.75) is 12.6 Å². The minimum atomic E-state index is 0.196. The van der Waals surface area contributed by atoms with E-state index in [0.29, 0.717) is 13.2 Å². The highest BCUT2D eigenvalue weighted by atomic mass is 16.6. The van der Waals surface area contributed by atoms with Gasteiger partial charge >= 0.3 is 0 Å². The quantitative estimate of drug-likeness (QED) is 0.914. The Labute approximate surface area is 113 Å². The molecule has 0 bridgehead atoms. The predicted molar refractivity (Wildman–Crippen MR) is 75.2 cm³/mol. The third-order valence-electron chi connectivity index (χ3n) is 3.51. The van der Waals surface area contributed by atoms with Crippen LogP contribution in [0.2, 0.25) is 0 Å². The SMILES string of the molecule is CN(Cc1cccc2cc[nH]c12)C[C@H]1COCCO1. The molecule has 102 valence electrons. The molecule has 4 nitrogen and oxygen atoms in total. The van der Waals surface area contributed by atoms with Gasteiger partial charge in [0.25, 0.3) is 0 Å². The van der Waals surface area contributed by atoms with Crippen LogP contribution in [0.5, 0.6) is 0 Å². The summed E-state index contributed by atoms with van der Waals surface area (Å²) in [4.78, 5) is 5.60. The maximum Gasteiger partial charge on any atom is 0.0936 e. The monoisotopic (exact) mass is 260 g/mol. The Morgan fingerprint density at radius 2 is 2.26 bits per heavy atom. The molecule has 0 saturated carbocycles. The molecule has 0 spiro atoms. The number of hydrogen-bond donors (Lipinski definition) is 1. The minimum absolute atomic E-state index is 0.196. The number of para-hydroxylation sites is 1. The van der Waals surface area contributed by atoms with E-state index in [0.717, 1.165) is 19.7 Å². The van der Waals surface area contributed by atoms with Gasteiger partial charge in [-0.1, -0.05) is 18.2 Å². The van der Waals surface area contributed by atoms with E-state index >= 15 is 0 Å². The van der Waals surface area contributed by atoms with E-state index in [2.05, 4.69) is 41.2 Å². The highest BCUT2D eigenvalue weighted by Crippen LogP contribution is 2.18. The predicted octanol–water partition coefficient (Wildman–Crippen LogP) is 2.02. The molecule has 1 N–H and O–H groups in total. The lowest BCUT2D eigenvalue weighted by atomic mass is 10.1. The second kappa shape index (κ2) is 5.74. The summed E-state index contributed by atoms with van der Waals surface area (Å²) in [6.07, 6.45) is 2.19. The topological polar surface area (TPSA) is 37.5 Å². The number of likely N-dealkylation sites (N-methyl/N-ethyl adjacent to an activating group) is 1. The summed E-state index contributed by atoms with van der Waals surface area (Å²) in [7, 11) is 2.12. The first-order valence-electron chi connectivity index (χ1n) is 6.76. The highest BCUT2D eigenvalue weighted by molar-refractivity contribution is 5.82. The van der Waals surface area contributed by atoms with Gasteiger partial charge in [-0.2, -0.15) is 0 Å². The molecule has 3 rings (SSSR count). The normalized spacial score (nSPS) is 20.2. The van der Waals surface area contributed by atoms with E-state index < -0.39 is 0 Å². The average Bonchev–Trinajstić information content (AvgIpc) is 2.89. The van der Waals surface area contributed by atoms with Crippen LogP contribution in [0.25, 0.3) is 10.9 Å². The number of ether oxygens (including phenoxy) is 2. The fraction of sp³-hybridized carbons (Fsp3) is 0.467. The van der Waals surface area contributed by atoms with Gasteiger partial charge in [-0.05, 0) is 24.1 Å². The zero-order valence-electron chi connectivity index (χ0n) is 11.3. The number of rotatable bonds is 4. The van der Waals surface area contributed by atoms with Gasteiger partial charge in [0.2, 0.25) is 0 Å². The molecule has 4 heteroatoms. The third kappa shape index (κ3) is 2.97. The Kier molecular flexibility index (Phi) is 3.82. The lowest BCUT2D eigenvalue weighted by Crippen LogP contribution is -2.38. The summed E-state index contributed by atoms with van der Waals surface area (Å²) in [6, 6.07) is 8.53. The van der Waals surface area contributed by atoms with Gasteiger partial charge in [-0.3, -0.25) is 4.90 Å². The molecule has 1 aliphatic rings. The first-order valence-corrected chi connectivity index (χ1v) is 6.76. The van der Waals surface area contributed by atoms with Crippen LogP contribution in [-0.4, -0.2) is 49.4 Å². The van der Waals surface area contributed by atoms with Crippen molar-refractivity contribution in [2.75, 3.05) is 33.4 Å². The van der Waals surface area contributed by atoms with E-state index in [-0.39, 0.29) is 6.10 Å². The van der Waals surface area contributed by atoms with Gasteiger partial charge in [0, 0.05) is 24.8 Å². The number of hydrogen-bond acceptors (Lipinski definition) is 3. The molecule has 0 radical (unpaired) electrons. The Morgan fingerprint density at radius 3 is 3.11 bits per heavy atom. The largest absolute Gasteiger partial charge is 0.376 e. The fourth-order valence-corrected chi connectivity index (χ4v) is 2.63. The standard InChI is InChI=1S/C15H20N2O2/c1-17(10-14-11-18-7-8-19-14)9-13-4-2-3-12-5-6-16-15(12)13/h2-6,14,16H,7-11H2,1H3/t14-/m0/s1. The molecule has 1 aromatic carbocycles. The number of nitrogens with zero attached hydrogens (tertiary/aromatic N) is 1. The molecular formula is C15H20N2O2.